The molecule has 0 saturated heterocycles. The van der Waals surface area contributed by atoms with Crippen LogP contribution in [0.4, 0.5) is 0 Å². The molecule has 0 amide bonds. The highest BCUT2D eigenvalue weighted by Gasteiger charge is 2.32. The van der Waals surface area contributed by atoms with Crippen LogP contribution < -0.4 is 0 Å². The molecule has 0 heterocycles. The maximum absolute atomic E-state index is 11.0. The molecule has 112 valence electrons. The predicted molar refractivity (Wildman–Crippen MR) is 76.3 cm³/mol. The van der Waals surface area contributed by atoms with E-state index in [1.165, 1.54) is 12.8 Å². The third-order valence-corrected chi connectivity index (χ3v) is 4.36. The fraction of sp³-hybridized carbons (Fsp3) is 0.933. The molecular formula is C15H29NO3. The number of nitrogens with zero attached hydrogens (tertiary/aromatic N) is 1. The van der Waals surface area contributed by atoms with Gasteiger partial charge in [0.25, 0.3) is 0 Å². The van der Waals surface area contributed by atoms with E-state index < -0.39 is 5.97 Å². The number of carboxylic acid groups (broad SMARTS) is 1. The van der Waals surface area contributed by atoms with E-state index in [0.717, 1.165) is 18.8 Å². The average Bonchev–Trinajstić information content (AvgIpc) is 2.33. The lowest BCUT2D eigenvalue weighted by Crippen LogP contribution is -2.44. The molecule has 1 aliphatic rings. The van der Waals surface area contributed by atoms with Crippen LogP contribution >= 0.6 is 0 Å². The number of carbonyl (C=O) groups is 1. The number of hydrogen-bond acceptors (Lipinski definition) is 3. The Labute approximate surface area is 117 Å². The van der Waals surface area contributed by atoms with Gasteiger partial charge in [0.2, 0.25) is 0 Å². The van der Waals surface area contributed by atoms with Crippen LogP contribution in [0, 0.1) is 11.3 Å². The minimum Gasteiger partial charge on any atom is -0.480 e. The predicted octanol–water partition coefficient (Wildman–Crippen LogP) is 2.62. The van der Waals surface area contributed by atoms with Crippen LogP contribution in [0.1, 0.15) is 46.5 Å². The van der Waals surface area contributed by atoms with Crippen molar-refractivity contribution in [1.82, 2.24) is 4.90 Å². The fourth-order valence-electron chi connectivity index (χ4n) is 3.08. The molecule has 0 spiro atoms. The Morgan fingerprint density at radius 1 is 1.26 bits per heavy atom. The van der Waals surface area contributed by atoms with Crippen LogP contribution in [-0.4, -0.2) is 48.8 Å². The van der Waals surface area contributed by atoms with Crippen LogP contribution in [0.15, 0.2) is 0 Å². The maximum Gasteiger partial charge on any atom is 0.317 e. The molecule has 19 heavy (non-hydrogen) atoms. The Bertz CT molecular complexity index is 278. The molecule has 4 nitrogen and oxygen atoms in total. The summed E-state index contributed by atoms with van der Waals surface area (Å²) in [6, 6.07) is 0.407. The van der Waals surface area contributed by atoms with Crippen molar-refractivity contribution in [3.63, 3.8) is 0 Å². The largest absolute Gasteiger partial charge is 0.480 e. The summed E-state index contributed by atoms with van der Waals surface area (Å²) in [5.41, 5.74) is 0.370. The smallest absolute Gasteiger partial charge is 0.317 e. The van der Waals surface area contributed by atoms with E-state index in [4.69, 9.17) is 9.84 Å². The van der Waals surface area contributed by atoms with Gasteiger partial charge in [-0.25, -0.2) is 0 Å². The Morgan fingerprint density at radius 2 is 1.84 bits per heavy atom. The topological polar surface area (TPSA) is 49.8 Å². The monoisotopic (exact) mass is 271 g/mol. The summed E-state index contributed by atoms with van der Waals surface area (Å²) in [6.45, 7) is 8.36. The SMILES string of the molecule is COCCN(CC(=O)O)C1CCC(C(C)(C)C)CC1. The van der Waals surface area contributed by atoms with Gasteiger partial charge in [-0.2, -0.15) is 0 Å². The van der Waals surface area contributed by atoms with Gasteiger partial charge in [0.15, 0.2) is 0 Å². The molecule has 0 radical (unpaired) electrons. The van der Waals surface area contributed by atoms with E-state index in [1.807, 2.05) is 0 Å². The van der Waals surface area contributed by atoms with E-state index >= 15 is 0 Å². The van der Waals surface area contributed by atoms with Gasteiger partial charge in [-0.05, 0) is 37.0 Å². The number of rotatable bonds is 6. The summed E-state index contributed by atoms with van der Waals surface area (Å²) < 4.78 is 5.09. The van der Waals surface area contributed by atoms with Crippen molar-refractivity contribution in [2.24, 2.45) is 11.3 Å². The molecular weight excluding hydrogens is 242 g/mol. The molecule has 0 aromatic carbocycles. The first-order valence-electron chi connectivity index (χ1n) is 7.29. The second kappa shape index (κ2) is 7.25. The second-order valence-corrected chi connectivity index (χ2v) is 6.73. The van der Waals surface area contributed by atoms with Crippen molar-refractivity contribution >= 4 is 5.97 Å². The molecule has 0 atom stereocenters. The minimum atomic E-state index is -0.742. The first-order chi connectivity index (χ1) is 8.84. The maximum atomic E-state index is 11.0. The molecule has 0 aromatic heterocycles. The van der Waals surface area contributed by atoms with E-state index in [0.29, 0.717) is 24.6 Å². The summed E-state index contributed by atoms with van der Waals surface area (Å²) in [7, 11) is 1.66. The fourth-order valence-corrected chi connectivity index (χ4v) is 3.08. The molecule has 1 N–H and O–H groups in total. The first kappa shape index (κ1) is 16.4. The molecule has 1 fully saturated rings. The van der Waals surface area contributed by atoms with E-state index in [2.05, 4.69) is 25.7 Å². The number of hydrogen-bond donors (Lipinski definition) is 1. The Morgan fingerprint density at radius 3 is 2.26 bits per heavy atom. The minimum absolute atomic E-state index is 0.133. The van der Waals surface area contributed by atoms with Gasteiger partial charge >= 0.3 is 5.97 Å². The zero-order valence-corrected chi connectivity index (χ0v) is 12.8. The van der Waals surface area contributed by atoms with E-state index in [9.17, 15) is 4.79 Å². The van der Waals surface area contributed by atoms with Gasteiger partial charge in [0.05, 0.1) is 13.2 Å². The quantitative estimate of drug-likeness (QED) is 0.807. The number of carboxylic acids is 1. The standard InChI is InChI=1S/C15H29NO3/c1-15(2,3)12-5-7-13(8-6-12)16(9-10-19-4)11-14(17)18/h12-13H,5-11H2,1-4H3,(H,17,18). The van der Waals surface area contributed by atoms with Crippen molar-refractivity contribution in [1.29, 1.82) is 0 Å². The second-order valence-electron chi connectivity index (χ2n) is 6.73. The van der Waals surface area contributed by atoms with Gasteiger partial charge in [0.1, 0.15) is 0 Å². The van der Waals surface area contributed by atoms with Gasteiger partial charge in [-0.15, -0.1) is 0 Å². The first-order valence-corrected chi connectivity index (χ1v) is 7.29. The zero-order chi connectivity index (χ0) is 14.5. The van der Waals surface area contributed by atoms with Crippen LogP contribution in [0.5, 0.6) is 0 Å². The summed E-state index contributed by atoms with van der Waals surface area (Å²) >= 11 is 0. The summed E-state index contributed by atoms with van der Waals surface area (Å²) in [5, 5.41) is 9.01. The van der Waals surface area contributed by atoms with E-state index in [1.54, 1.807) is 7.11 Å². The van der Waals surface area contributed by atoms with Crippen molar-refractivity contribution in [3.05, 3.63) is 0 Å². The van der Waals surface area contributed by atoms with Crippen LogP contribution in [0.25, 0.3) is 0 Å². The number of aliphatic carboxylic acids is 1. The molecule has 0 unspecified atom stereocenters. The lowest BCUT2D eigenvalue weighted by molar-refractivity contribution is -0.139. The van der Waals surface area contributed by atoms with Crippen molar-refractivity contribution in [3.8, 4) is 0 Å². The number of ether oxygens (including phenoxy) is 1. The average molecular weight is 271 g/mol. The third-order valence-electron chi connectivity index (χ3n) is 4.36. The Hall–Kier alpha value is -0.610. The molecule has 4 heteroatoms. The zero-order valence-electron chi connectivity index (χ0n) is 12.8. The lowest BCUT2D eigenvalue weighted by atomic mass is 9.71. The van der Waals surface area contributed by atoms with Crippen LogP contribution in [-0.2, 0) is 9.53 Å². The normalized spacial score (nSPS) is 24.7. The van der Waals surface area contributed by atoms with Gasteiger partial charge in [0, 0.05) is 19.7 Å². The van der Waals surface area contributed by atoms with Gasteiger partial charge in [-0.3, -0.25) is 9.69 Å². The molecule has 1 rings (SSSR count). The van der Waals surface area contributed by atoms with Crippen molar-refractivity contribution in [2.45, 2.75) is 52.5 Å². The lowest BCUT2D eigenvalue weighted by Gasteiger charge is -2.40. The molecule has 1 aliphatic carbocycles. The summed E-state index contributed by atoms with van der Waals surface area (Å²) in [6.07, 6.45) is 4.63. The van der Waals surface area contributed by atoms with Crippen molar-refractivity contribution in [2.75, 3.05) is 26.8 Å². The van der Waals surface area contributed by atoms with Crippen LogP contribution in [0.2, 0.25) is 0 Å². The third kappa shape index (κ3) is 5.49. The highest BCUT2D eigenvalue weighted by Crippen LogP contribution is 2.38. The molecule has 0 aromatic rings. The number of methoxy groups -OCH3 is 1. The van der Waals surface area contributed by atoms with Crippen LogP contribution in [0.3, 0.4) is 0 Å². The molecule has 1 saturated carbocycles. The van der Waals surface area contributed by atoms with E-state index in [-0.39, 0.29) is 6.54 Å². The summed E-state index contributed by atoms with van der Waals surface area (Å²) in [4.78, 5) is 13.0. The van der Waals surface area contributed by atoms with Gasteiger partial charge in [-0.1, -0.05) is 20.8 Å². The van der Waals surface area contributed by atoms with Crippen molar-refractivity contribution < 1.29 is 14.6 Å². The molecule has 0 bridgehead atoms. The van der Waals surface area contributed by atoms with Gasteiger partial charge < -0.3 is 9.84 Å². The Balaban J connectivity index is 2.51. The molecule has 0 aliphatic heterocycles. The summed E-state index contributed by atoms with van der Waals surface area (Å²) in [5.74, 6) is 0.0203. The highest BCUT2D eigenvalue weighted by molar-refractivity contribution is 5.69. The highest BCUT2D eigenvalue weighted by atomic mass is 16.5. The Kier molecular flexibility index (Phi) is 6.27.